The molecule has 3 heterocycles. The van der Waals surface area contributed by atoms with Crippen LogP contribution in [0.4, 0.5) is 0 Å². The van der Waals surface area contributed by atoms with E-state index in [1.165, 1.54) is 4.88 Å². The molecule has 3 aromatic heterocycles. The van der Waals surface area contributed by atoms with E-state index in [0.29, 0.717) is 0 Å². The van der Waals surface area contributed by atoms with Crippen molar-refractivity contribution in [3.63, 3.8) is 0 Å². The third-order valence-electron chi connectivity index (χ3n) is 3.16. The van der Waals surface area contributed by atoms with Crippen LogP contribution in [0.25, 0.3) is 11.2 Å². The molecule has 0 saturated carbocycles. The van der Waals surface area contributed by atoms with Gasteiger partial charge in [-0.15, -0.1) is 22.9 Å². The zero-order valence-corrected chi connectivity index (χ0v) is 14.3. The summed E-state index contributed by atoms with van der Waals surface area (Å²) in [5.74, 6) is 0.869. The summed E-state index contributed by atoms with van der Waals surface area (Å²) in [6, 6.07) is 4.10. The van der Waals surface area contributed by atoms with E-state index in [1.54, 1.807) is 11.3 Å². The second kappa shape index (κ2) is 5.47. The zero-order valence-electron chi connectivity index (χ0n) is 11.1. The lowest BCUT2D eigenvalue weighted by Crippen LogP contribution is -2.05. The molecule has 0 saturated heterocycles. The Hall–Kier alpha value is -0.910. The molecule has 0 aliphatic carbocycles. The summed E-state index contributed by atoms with van der Waals surface area (Å²) in [5.41, 5.74) is 2.96. The first-order valence-corrected chi connectivity index (χ1v) is 8.36. The van der Waals surface area contributed by atoms with Crippen LogP contribution in [-0.2, 0) is 6.54 Å². The van der Waals surface area contributed by atoms with Gasteiger partial charge in [-0.25, -0.2) is 9.97 Å². The van der Waals surface area contributed by atoms with Crippen LogP contribution < -0.4 is 0 Å². The van der Waals surface area contributed by atoms with Crippen molar-refractivity contribution < 1.29 is 0 Å². The van der Waals surface area contributed by atoms with E-state index in [9.17, 15) is 0 Å². The molecule has 104 valence electrons. The minimum atomic E-state index is -0.146. The zero-order chi connectivity index (χ0) is 14.3. The van der Waals surface area contributed by atoms with Crippen molar-refractivity contribution in [2.24, 2.45) is 0 Å². The number of aryl methyl sites for hydroxylation is 1. The summed E-state index contributed by atoms with van der Waals surface area (Å²) in [5, 5.41) is 1.93. The van der Waals surface area contributed by atoms with Gasteiger partial charge < -0.3 is 4.57 Å². The molecule has 0 aliphatic rings. The number of aromatic nitrogens is 3. The number of halogens is 2. The number of pyridine rings is 1. The maximum atomic E-state index is 6.29. The van der Waals surface area contributed by atoms with Gasteiger partial charge in [-0.1, -0.05) is 0 Å². The predicted molar refractivity (Wildman–Crippen MR) is 87.7 cm³/mol. The van der Waals surface area contributed by atoms with E-state index in [-0.39, 0.29) is 5.38 Å². The highest BCUT2D eigenvalue weighted by Gasteiger charge is 2.17. The van der Waals surface area contributed by atoms with Gasteiger partial charge in [-0.3, -0.25) is 0 Å². The van der Waals surface area contributed by atoms with Crippen LogP contribution in [0.3, 0.4) is 0 Å². The van der Waals surface area contributed by atoms with E-state index < -0.39 is 0 Å². The van der Waals surface area contributed by atoms with Crippen molar-refractivity contribution in [2.45, 2.75) is 25.8 Å². The molecule has 6 heteroatoms. The number of nitrogens with zero attached hydrogens (tertiary/aromatic N) is 3. The molecule has 0 aliphatic heterocycles. The monoisotopic (exact) mass is 369 g/mol. The van der Waals surface area contributed by atoms with Gasteiger partial charge in [0.25, 0.3) is 0 Å². The number of alkyl halides is 1. The molecular formula is C14H13BrClN3S. The van der Waals surface area contributed by atoms with Crippen molar-refractivity contribution in [1.29, 1.82) is 0 Å². The first-order chi connectivity index (χ1) is 9.56. The Bertz CT molecular complexity index is 763. The number of hydrogen-bond donors (Lipinski definition) is 0. The van der Waals surface area contributed by atoms with Crippen LogP contribution in [0.2, 0.25) is 0 Å². The fraction of sp³-hybridized carbons (Fsp3) is 0.286. The molecule has 3 nitrogen and oxygen atoms in total. The summed E-state index contributed by atoms with van der Waals surface area (Å²) in [6.07, 6.45) is 1.82. The van der Waals surface area contributed by atoms with E-state index in [2.05, 4.69) is 41.9 Å². The lowest BCUT2D eigenvalue weighted by molar-refractivity contribution is 0.744. The second-order valence-corrected chi connectivity index (χ2v) is 7.27. The van der Waals surface area contributed by atoms with Gasteiger partial charge >= 0.3 is 0 Å². The first kappa shape index (κ1) is 14.0. The largest absolute Gasteiger partial charge is 0.306 e. The highest BCUT2D eigenvalue weighted by atomic mass is 79.9. The highest BCUT2D eigenvalue weighted by molar-refractivity contribution is 9.10. The fourth-order valence-electron chi connectivity index (χ4n) is 2.21. The minimum Gasteiger partial charge on any atom is -0.306 e. The molecule has 1 atom stereocenters. The van der Waals surface area contributed by atoms with Crippen LogP contribution in [0, 0.1) is 6.92 Å². The van der Waals surface area contributed by atoms with Gasteiger partial charge in [0.15, 0.2) is 5.65 Å². The Kier molecular flexibility index (Phi) is 3.84. The van der Waals surface area contributed by atoms with Crippen molar-refractivity contribution in [1.82, 2.24) is 14.5 Å². The van der Waals surface area contributed by atoms with Crippen LogP contribution in [0.15, 0.2) is 28.2 Å². The maximum absolute atomic E-state index is 6.29. The lowest BCUT2D eigenvalue weighted by atomic mass is 10.3. The Morgan fingerprint density at radius 1 is 1.50 bits per heavy atom. The molecule has 1 unspecified atom stereocenters. The first-order valence-electron chi connectivity index (χ1n) is 6.25. The third kappa shape index (κ3) is 2.50. The van der Waals surface area contributed by atoms with Crippen molar-refractivity contribution >= 4 is 50.0 Å². The molecule has 0 aromatic carbocycles. The van der Waals surface area contributed by atoms with Crippen molar-refractivity contribution in [3.8, 4) is 0 Å². The Morgan fingerprint density at radius 2 is 2.30 bits per heavy atom. The Balaban J connectivity index is 2.16. The molecule has 0 fully saturated rings. The predicted octanol–water partition coefficient (Wildman–Crippen LogP) is 4.91. The van der Waals surface area contributed by atoms with Crippen molar-refractivity contribution in [2.75, 3.05) is 0 Å². The summed E-state index contributed by atoms with van der Waals surface area (Å²) in [4.78, 5) is 10.4. The molecule has 0 bridgehead atoms. The average molecular weight is 371 g/mol. The molecular weight excluding hydrogens is 358 g/mol. The summed E-state index contributed by atoms with van der Waals surface area (Å²) < 4.78 is 3.21. The molecule has 0 amide bonds. The van der Waals surface area contributed by atoms with E-state index >= 15 is 0 Å². The molecule has 0 N–H and O–H groups in total. The number of rotatable bonds is 3. The molecule has 3 rings (SSSR count). The second-order valence-electron chi connectivity index (χ2n) is 4.70. The SMILES string of the molecule is Cc1ccnc2c1nc(C(C)Cl)n2Cc1cc(Br)cs1. The highest BCUT2D eigenvalue weighted by Crippen LogP contribution is 2.28. The van der Waals surface area contributed by atoms with Crippen LogP contribution in [0.1, 0.15) is 28.6 Å². The summed E-state index contributed by atoms with van der Waals surface area (Å²) in [7, 11) is 0. The molecule has 0 radical (unpaired) electrons. The standard InChI is InChI=1S/C14H13BrClN3S/c1-8-3-4-17-14-12(8)18-13(9(2)16)19(14)6-11-5-10(15)7-20-11/h3-5,7,9H,6H2,1-2H3. The van der Waals surface area contributed by atoms with Crippen molar-refractivity contribution in [3.05, 3.63) is 44.4 Å². The van der Waals surface area contributed by atoms with Gasteiger partial charge in [0.05, 0.1) is 11.9 Å². The minimum absolute atomic E-state index is 0.146. The van der Waals surface area contributed by atoms with E-state index in [0.717, 1.165) is 33.6 Å². The summed E-state index contributed by atoms with van der Waals surface area (Å²) >= 11 is 11.5. The van der Waals surface area contributed by atoms with Crippen LogP contribution in [0.5, 0.6) is 0 Å². The van der Waals surface area contributed by atoms with Gasteiger partial charge in [-0.2, -0.15) is 0 Å². The molecule has 0 spiro atoms. The van der Waals surface area contributed by atoms with Gasteiger partial charge in [0, 0.05) is 20.9 Å². The quantitative estimate of drug-likeness (QED) is 0.613. The molecule has 20 heavy (non-hydrogen) atoms. The number of imidazole rings is 1. The normalized spacial score (nSPS) is 13.0. The third-order valence-corrected chi connectivity index (χ3v) is 5.03. The molecule has 3 aromatic rings. The lowest BCUT2D eigenvalue weighted by Gasteiger charge is -2.08. The maximum Gasteiger partial charge on any atom is 0.160 e. The van der Waals surface area contributed by atoms with Crippen LogP contribution >= 0.6 is 38.9 Å². The van der Waals surface area contributed by atoms with Gasteiger partial charge in [0.2, 0.25) is 0 Å². The van der Waals surface area contributed by atoms with Crippen LogP contribution in [-0.4, -0.2) is 14.5 Å². The van der Waals surface area contributed by atoms with E-state index in [1.807, 2.05) is 26.1 Å². The topological polar surface area (TPSA) is 30.7 Å². The number of hydrogen-bond acceptors (Lipinski definition) is 3. The van der Waals surface area contributed by atoms with E-state index in [4.69, 9.17) is 11.6 Å². The van der Waals surface area contributed by atoms with Gasteiger partial charge in [-0.05, 0) is 47.5 Å². The average Bonchev–Trinajstić information content (AvgIpc) is 2.96. The smallest absolute Gasteiger partial charge is 0.160 e. The Labute approximate surface area is 134 Å². The summed E-state index contributed by atoms with van der Waals surface area (Å²) in [6.45, 7) is 4.74. The number of thiophene rings is 1. The number of fused-ring (bicyclic) bond motifs is 1. The Morgan fingerprint density at radius 3 is 2.95 bits per heavy atom. The fourth-order valence-corrected chi connectivity index (χ4v) is 3.81. The van der Waals surface area contributed by atoms with Gasteiger partial charge in [0.1, 0.15) is 11.3 Å².